The Morgan fingerprint density at radius 2 is 2.06 bits per heavy atom. The lowest BCUT2D eigenvalue weighted by atomic mass is 10.2. The van der Waals surface area contributed by atoms with Gasteiger partial charge in [0.15, 0.2) is 0 Å². The van der Waals surface area contributed by atoms with Crippen molar-refractivity contribution < 1.29 is 0 Å². The van der Waals surface area contributed by atoms with Gasteiger partial charge < -0.3 is 0 Å². The van der Waals surface area contributed by atoms with Crippen LogP contribution in [0.2, 0.25) is 0 Å². The SMILES string of the molecule is Cc1ccc(CC(Cl)c2ccc(C)s2)nc1. The molecule has 84 valence electrons. The van der Waals surface area contributed by atoms with Gasteiger partial charge in [0, 0.05) is 28.1 Å². The predicted molar refractivity (Wildman–Crippen MR) is 70.3 cm³/mol. The summed E-state index contributed by atoms with van der Waals surface area (Å²) >= 11 is 8.12. The highest BCUT2D eigenvalue weighted by Crippen LogP contribution is 2.30. The zero-order valence-corrected chi connectivity index (χ0v) is 11.0. The van der Waals surface area contributed by atoms with Crippen molar-refractivity contribution in [2.75, 3.05) is 0 Å². The number of aromatic nitrogens is 1. The zero-order valence-electron chi connectivity index (χ0n) is 9.40. The maximum Gasteiger partial charge on any atom is 0.0733 e. The second kappa shape index (κ2) is 4.98. The van der Waals surface area contributed by atoms with Crippen molar-refractivity contribution in [3.8, 4) is 0 Å². The minimum Gasteiger partial charge on any atom is -0.261 e. The van der Waals surface area contributed by atoms with Crippen LogP contribution in [-0.4, -0.2) is 4.98 Å². The minimum atomic E-state index is 0.0360. The van der Waals surface area contributed by atoms with Crippen LogP contribution >= 0.6 is 22.9 Å². The van der Waals surface area contributed by atoms with Crippen LogP contribution in [0.25, 0.3) is 0 Å². The van der Waals surface area contributed by atoms with Crippen LogP contribution in [0, 0.1) is 13.8 Å². The molecule has 0 aliphatic carbocycles. The number of aryl methyl sites for hydroxylation is 2. The van der Waals surface area contributed by atoms with Crippen LogP contribution < -0.4 is 0 Å². The Labute approximate surface area is 105 Å². The Morgan fingerprint density at radius 3 is 2.62 bits per heavy atom. The van der Waals surface area contributed by atoms with Crippen LogP contribution in [0.3, 0.4) is 0 Å². The Bertz CT molecular complexity index is 461. The molecule has 0 aliphatic heterocycles. The number of halogens is 1. The number of rotatable bonds is 3. The molecular weight excluding hydrogens is 238 g/mol. The van der Waals surface area contributed by atoms with Crippen molar-refractivity contribution in [2.24, 2.45) is 0 Å². The van der Waals surface area contributed by atoms with Crippen LogP contribution in [0.5, 0.6) is 0 Å². The number of alkyl halides is 1. The third-order valence-electron chi connectivity index (χ3n) is 2.43. The maximum absolute atomic E-state index is 6.36. The van der Waals surface area contributed by atoms with E-state index in [2.05, 4.69) is 30.1 Å². The lowest BCUT2D eigenvalue weighted by molar-refractivity contribution is 0.894. The Morgan fingerprint density at radius 1 is 1.25 bits per heavy atom. The fraction of sp³-hybridized carbons (Fsp3) is 0.308. The predicted octanol–water partition coefficient (Wildman–Crippen LogP) is 4.28. The Kier molecular flexibility index (Phi) is 3.62. The molecular formula is C13H14ClNS. The van der Waals surface area contributed by atoms with Gasteiger partial charge in [-0.1, -0.05) is 6.07 Å². The van der Waals surface area contributed by atoms with Crippen molar-refractivity contribution in [1.82, 2.24) is 4.98 Å². The average Bonchev–Trinajstić information content (AvgIpc) is 2.68. The number of nitrogens with zero attached hydrogens (tertiary/aromatic N) is 1. The van der Waals surface area contributed by atoms with Gasteiger partial charge in [0.1, 0.15) is 0 Å². The van der Waals surface area contributed by atoms with Crippen LogP contribution in [0.4, 0.5) is 0 Å². The molecule has 0 amide bonds. The Hall–Kier alpha value is -0.860. The largest absolute Gasteiger partial charge is 0.261 e. The summed E-state index contributed by atoms with van der Waals surface area (Å²) < 4.78 is 0. The lowest BCUT2D eigenvalue weighted by Gasteiger charge is -2.06. The highest BCUT2D eigenvalue weighted by molar-refractivity contribution is 7.12. The summed E-state index contributed by atoms with van der Waals surface area (Å²) in [6.45, 7) is 4.14. The first-order chi connectivity index (χ1) is 7.65. The van der Waals surface area contributed by atoms with Crippen LogP contribution in [-0.2, 0) is 6.42 Å². The second-order valence-corrected chi connectivity index (χ2v) is 5.79. The molecule has 2 aromatic heterocycles. The van der Waals surface area contributed by atoms with Gasteiger partial charge in [-0.2, -0.15) is 0 Å². The molecule has 0 aliphatic rings. The topological polar surface area (TPSA) is 12.9 Å². The maximum atomic E-state index is 6.36. The molecule has 3 heteroatoms. The molecule has 2 rings (SSSR count). The summed E-state index contributed by atoms with van der Waals surface area (Å²) in [6.07, 6.45) is 2.68. The van der Waals surface area contributed by atoms with E-state index < -0.39 is 0 Å². The van der Waals surface area contributed by atoms with Gasteiger partial charge in [-0.05, 0) is 37.6 Å². The summed E-state index contributed by atoms with van der Waals surface area (Å²) in [7, 11) is 0. The Balaban J connectivity index is 2.07. The number of pyridine rings is 1. The molecule has 0 saturated carbocycles. The van der Waals surface area contributed by atoms with Gasteiger partial charge in [0.25, 0.3) is 0 Å². The van der Waals surface area contributed by atoms with Gasteiger partial charge >= 0.3 is 0 Å². The van der Waals surface area contributed by atoms with Gasteiger partial charge in [-0.15, -0.1) is 22.9 Å². The van der Waals surface area contributed by atoms with Gasteiger partial charge in [0.2, 0.25) is 0 Å². The molecule has 0 spiro atoms. The molecule has 2 heterocycles. The summed E-state index contributed by atoms with van der Waals surface area (Å²) in [5, 5.41) is 0.0360. The van der Waals surface area contributed by atoms with Gasteiger partial charge in [0.05, 0.1) is 5.38 Å². The molecule has 0 aromatic carbocycles. The molecule has 2 aromatic rings. The fourth-order valence-corrected chi connectivity index (χ4v) is 2.74. The van der Waals surface area contributed by atoms with Gasteiger partial charge in [-0.3, -0.25) is 4.98 Å². The fourth-order valence-electron chi connectivity index (χ4n) is 1.53. The molecule has 0 bridgehead atoms. The highest BCUT2D eigenvalue weighted by atomic mass is 35.5. The van der Waals surface area contributed by atoms with Crippen LogP contribution in [0.1, 0.15) is 26.4 Å². The van der Waals surface area contributed by atoms with E-state index in [1.54, 1.807) is 11.3 Å². The number of hydrogen-bond acceptors (Lipinski definition) is 2. The molecule has 1 unspecified atom stereocenters. The van der Waals surface area contributed by atoms with E-state index in [0.717, 1.165) is 12.1 Å². The van der Waals surface area contributed by atoms with Crippen molar-refractivity contribution in [2.45, 2.75) is 25.6 Å². The van der Waals surface area contributed by atoms with E-state index in [0.29, 0.717) is 0 Å². The second-order valence-electron chi connectivity index (χ2n) is 3.95. The van der Waals surface area contributed by atoms with Crippen LogP contribution in [0.15, 0.2) is 30.5 Å². The van der Waals surface area contributed by atoms with Crippen molar-refractivity contribution >= 4 is 22.9 Å². The third kappa shape index (κ3) is 2.83. The summed E-state index contributed by atoms with van der Waals surface area (Å²) in [4.78, 5) is 6.90. The molecule has 16 heavy (non-hydrogen) atoms. The molecule has 1 nitrogen and oxygen atoms in total. The standard InChI is InChI=1S/C13H14ClNS/c1-9-3-5-11(15-8-9)7-12(14)13-6-4-10(2)16-13/h3-6,8,12H,7H2,1-2H3. The molecule has 0 saturated heterocycles. The first-order valence-electron chi connectivity index (χ1n) is 5.27. The number of thiophene rings is 1. The van der Waals surface area contributed by atoms with E-state index >= 15 is 0 Å². The summed E-state index contributed by atoms with van der Waals surface area (Å²) in [5.74, 6) is 0. The first kappa shape index (κ1) is 11.6. The molecule has 0 fully saturated rings. The highest BCUT2D eigenvalue weighted by Gasteiger charge is 2.11. The molecule has 0 radical (unpaired) electrons. The molecule has 1 atom stereocenters. The summed E-state index contributed by atoms with van der Waals surface area (Å²) in [6, 6.07) is 8.33. The number of hydrogen-bond donors (Lipinski definition) is 0. The minimum absolute atomic E-state index is 0.0360. The van der Waals surface area contributed by atoms with E-state index in [-0.39, 0.29) is 5.38 Å². The third-order valence-corrected chi connectivity index (χ3v) is 4.06. The first-order valence-corrected chi connectivity index (χ1v) is 6.52. The van der Waals surface area contributed by atoms with E-state index in [9.17, 15) is 0 Å². The van der Waals surface area contributed by atoms with Crippen molar-refractivity contribution in [3.05, 3.63) is 51.5 Å². The lowest BCUT2D eigenvalue weighted by Crippen LogP contribution is -1.96. The normalized spacial score (nSPS) is 12.7. The zero-order chi connectivity index (χ0) is 11.5. The van der Waals surface area contributed by atoms with Crippen molar-refractivity contribution in [1.29, 1.82) is 0 Å². The van der Waals surface area contributed by atoms with E-state index in [4.69, 9.17) is 11.6 Å². The van der Waals surface area contributed by atoms with Crippen molar-refractivity contribution in [3.63, 3.8) is 0 Å². The van der Waals surface area contributed by atoms with E-state index in [1.807, 2.05) is 19.2 Å². The van der Waals surface area contributed by atoms with E-state index in [1.165, 1.54) is 15.3 Å². The monoisotopic (exact) mass is 251 g/mol. The average molecular weight is 252 g/mol. The van der Waals surface area contributed by atoms with Gasteiger partial charge in [-0.25, -0.2) is 0 Å². The molecule has 0 N–H and O–H groups in total. The quantitative estimate of drug-likeness (QED) is 0.742. The summed E-state index contributed by atoms with van der Waals surface area (Å²) in [5.41, 5.74) is 2.23. The smallest absolute Gasteiger partial charge is 0.0733 e.